The topological polar surface area (TPSA) is 18.5 Å². The van der Waals surface area contributed by atoms with Crippen LogP contribution in [0, 0.1) is 0 Å². The molecule has 1 aliphatic heterocycles. The number of anilines is 2. The number of para-hydroxylation sites is 2. The largest absolute Gasteiger partial charge is 0.369 e. The molecule has 1 heterocycles. The second kappa shape index (κ2) is 5.76. The molecule has 0 amide bonds. The predicted octanol–water partition coefficient (Wildman–Crippen LogP) is 2.84. The van der Waals surface area contributed by atoms with E-state index < -0.39 is 0 Å². The number of hydrogen-bond acceptors (Lipinski definition) is 3. The fourth-order valence-electron chi connectivity index (χ4n) is 2.41. The van der Waals surface area contributed by atoms with Crippen molar-refractivity contribution in [2.24, 2.45) is 0 Å². The van der Waals surface area contributed by atoms with Crippen LogP contribution in [0.1, 0.15) is 0 Å². The molecule has 0 bridgehead atoms. The molecular weight excluding hydrogens is 234 g/mol. The van der Waals surface area contributed by atoms with Crippen molar-refractivity contribution in [3.8, 4) is 0 Å². The van der Waals surface area contributed by atoms with Crippen LogP contribution in [-0.4, -0.2) is 31.2 Å². The van der Waals surface area contributed by atoms with Gasteiger partial charge in [-0.3, -0.25) is 0 Å². The van der Waals surface area contributed by atoms with Gasteiger partial charge in [0.1, 0.15) is 0 Å². The molecule has 3 nitrogen and oxygen atoms in total. The summed E-state index contributed by atoms with van der Waals surface area (Å²) in [6, 6.07) is 21.0. The molecule has 2 aromatic carbocycles. The molecule has 0 radical (unpaired) electrons. The van der Waals surface area contributed by atoms with Gasteiger partial charge in [0.2, 0.25) is 0 Å². The van der Waals surface area contributed by atoms with E-state index in [2.05, 4.69) is 69.9 Å². The lowest BCUT2D eigenvalue weighted by atomic mass is 10.2. The molecule has 0 unspecified atom stereocenters. The van der Waals surface area contributed by atoms with E-state index in [0.29, 0.717) is 0 Å². The van der Waals surface area contributed by atoms with Gasteiger partial charge in [0, 0.05) is 37.6 Å². The molecule has 98 valence electrons. The summed E-state index contributed by atoms with van der Waals surface area (Å²) in [5, 5.41) is 2.29. The van der Waals surface area contributed by atoms with Crippen LogP contribution in [0.5, 0.6) is 0 Å². The molecule has 1 saturated heterocycles. The van der Waals surface area contributed by atoms with Crippen molar-refractivity contribution in [1.29, 1.82) is 0 Å². The summed E-state index contributed by atoms with van der Waals surface area (Å²) in [5.74, 6) is 0. The predicted molar refractivity (Wildman–Crippen MR) is 80.3 cm³/mol. The number of hydrazine groups is 1. The smallest absolute Gasteiger partial charge is 0.0490 e. The quantitative estimate of drug-likeness (QED) is 0.907. The molecule has 0 saturated carbocycles. The van der Waals surface area contributed by atoms with Crippen LogP contribution in [0.3, 0.4) is 0 Å². The Morgan fingerprint density at radius 2 is 1.26 bits per heavy atom. The highest BCUT2D eigenvalue weighted by molar-refractivity contribution is 5.47. The highest BCUT2D eigenvalue weighted by Gasteiger charge is 2.16. The van der Waals surface area contributed by atoms with Gasteiger partial charge in [-0.25, -0.2) is 5.01 Å². The van der Waals surface area contributed by atoms with E-state index in [1.165, 1.54) is 5.69 Å². The van der Waals surface area contributed by atoms with Crippen LogP contribution in [0.4, 0.5) is 11.4 Å². The Kier molecular flexibility index (Phi) is 3.65. The molecule has 0 aromatic heterocycles. The number of rotatable bonds is 3. The highest BCUT2D eigenvalue weighted by Crippen LogP contribution is 2.16. The van der Waals surface area contributed by atoms with E-state index in [0.717, 1.165) is 31.9 Å². The lowest BCUT2D eigenvalue weighted by Crippen LogP contribution is -2.48. The fraction of sp³-hybridized carbons (Fsp3) is 0.250. The summed E-state index contributed by atoms with van der Waals surface area (Å²) < 4.78 is 0. The second-order valence-electron chi connectivity index (χ2n) is 4.79. The van der Waals surface area contributed by atoms with Crippen LogP contribution in [-0.2, 0) is 0 Å². The van der Waals surface area contributed by atoms with Crippen molar-refractivity contribution in [2.75, 3.05) is 36.5 Å². The zero-order chi connectivity index (χ0) is 12.9. The Balaban J connectivity index is 1.55. The second-order valence-corrected chi connectivity index (χ2v) is 4.79. The van der Waals surface area contributed by atoms with Gasteiger partial charge in [-0.05, 0) is 24.3 Å². The molecular formula is C16H19N3. The highest BCUT2D eigenvalue weighted by atomic mass is 15.5. The molecule has 1 aliphatic rings. The SMILES string of the molecule is c1ccc(NN2CCN(c3ccccc3)CC2)cc1. The van der Waals surface area contributed by atoms with Crippen LogP contribution in [0.2, 0.25) is 0 Å². The van der Waals surface area contributed by atoms with Gasteiger partial charge < -0.3 is 10.3 Å². The molecule has 3 rings (SSSR count). The molecule has 1 fully saturated rings. The average molecular weight is 253 g/mol. The van der Waals surface area contributed by atoms with Crippen LogP contribution in [0.15, 0.2) is 60.7 Å². The van der Waals surface area contributed by atoms with Gasteiger partial charge in [0.15, 0.2) is 0 Å². The van der Waals surface area contributed by atoms with Gasteiger partial charge in [-0.2, -0.15) is 0 Å². The maximum absolute atomic E-state index is 3.46. The van der Waals surface area contributed by atoms with Gasteiger partial charge in [-0.1, -0.05) is 36.4 Å². The van der Waals surface area contributed by atoms with E-state index in [4.69, 9.17) is 0 Å². The molecule has 0 spiro atoms. The Labute approximate surface area is 114 Å². The van der Waals surface area contributed by atoms with Gasteiger partial charge in [-0.15, -0.1) is 0 Å². The third kappa shape index (κ3) is 3.06. The van der Waals surface area contributed by atoms with Crippen LogP contribution < -0.4 is 10.3 Å². The molecule has 1 N–H and O–H groups in total. The number of nitrogens with zero attached hydrogens (tertiary/aromatic N) is 2. The number of benzene rings is 2. The zero-order valence-electron chi connectivity index (χ0n) is 11.0. The van der Waals surface area contributed by atoms with Crippen molar-refractivity contribution in [1.82, 2.24) is 5.01 Å². The summed E-state index contributed by atoms with van der Waals surface area (Å²) in [5.41, 5.74) is 5.94. The van der Waals surface area contributed by atoms with Crippen molar-refractivity contribution in [3.05, 3.63) is 60.7 Å². The Morgan fingerprint density at radius 1 is 0.684 bits per heavy atom. The normalized spacial score (nSPS) is 16.3. The zero-order valence-corrected chi connectivity index (χ0v) is 11.0. The van der Waals surface area contributed by atoms with E-state index in [1.54, 1.807) is 0 Å². The Hall–Kier alpha value is -2.00. The Morgan fingerprint density at radius 3 is 1.89 bits per heavy atom. The van der Waals surface area contributed by atoms with E-state index in [1.807, 2.05) is 6.07 Å². The first kappa shape index (κ1) is 12.1. The first-order chi connectivity index (χ1) is 9.42. The molecule has 19 heavy (non-hydrogen) atoms. The van der Waals surface area contributed by atoms with Crippen LogP contribution >= 0.6 is 0 Å². The first-order valence-electron chi connectivity index (χ1n) is 6.78. The third-order valence-corrected chi connectivity index (χ3v) is 3.46. The third-order valence-electron chi connectivity index (χ3n) is 3.46. The lowest BCUT2D eigenvalue weighted by molar-refractivity contribution is 0.308. The average Bonchev–Trinajstić information content (AvgIpc) is 2.50. The molecule has 0 atom stereocenters. The van der Waals surface area contributed by atoms with E-state index in [-0.39, 0.29) is 0 Å². The molecule has 0 aliphatic carbocycles. The van der Waals surface area contributed by atoms with Gasteiger partial charge in [0.05, 0.1) is 0 Å². The van der Waals surface area contributed by atoms with Crippen molar-refractivity contribution in [3.63, 3.8) is 0 Å². The summed E-state index contributed by atoms with van der Waals surface area (Å²) in [7, 11) is 0. The summed E-state index contributed by atoms with van der Waals surface area (Å²) in [4.78, 5) is 2.43. The minimum absolute atomic E-state index is 1.03. The van der Waals surface area contributed by atoms with Crippen molar-refractivity contribution in [2.45, 2.75) is 0 Å². The summed E-state index contributed by atoms with van der Waals surface area (Å²) in [6.45, 7) is 4.18. The molecule has 2 aromatic rings. The monoisotopic (exact) mass is 253 g/mol. The minimum atomic E-state index is 1.03. The number of hydrogen-bond donors (Lipinski definition) is 1. The molecule has 3 heteroatoms. The standard InChI is InChI=1S/C16H19N3/c1-3-7-15(8-4-1)17-19-13-11-18(12-14-19)16-9-5-2-6-10-16/h1-10,17H,11-14H2. The first-order valence-corrected chi connectivity index (χ1v) is 6.78. The van der Waals surface area contributed by atoms with E-state index in [9.17, 15) is 0 Å². The lowest BCUT2D eigenvalue weighted by Gasteiger charge is -2.36. The summed E-state index contributed by atoms with van der Waals surface area (Å²) >= 11 is 0. The summed E-state index contributed by atoms with van der Waals surface area (Å²) in [6.07, 6.45) is 0. The van der Waals surface area contributed by atoms with Crippen LogP contribution in [0.25, 0.3) is 0 Å². The number of nitrogens with one attached hydrogen (secondary N) is 1. The maximum atomic E-state index is 3.46. The number of piperazine rings is 1. The fourth-order valence-corrected chi connectivity index (χ4v) is 2.41. The van der Waals surface area contributed by atoms with E-state index >= 15 is 0 Å². The van der Waals surface area contributed by atoms with Crippen molar-refractivity contribution < 1.29 is 0 Å². The Bertz CT molecular complexity index is 490. The van der Waals surface area contributed by atoms with Crippen molar-refractivity contribution >= 4 is 11.4 Å². The maximum Gasteiger partial charge on any atom is 0.0490 e. The van der Waals surface area contributed by atoms with Gasteiger partial charge in [0.25, 0.3) is 0 Å². The van der Waals surface area contributed by atoms with Gasteiger partial charge >= 0.3 is 0 Å². The minimum Gasteiger partial charge on any atom is -0.369 e.